The van der Waals surface area contributed by atoms with Gasteiger partial charge >= 0.3 is 0 Å². The second-order valence-electron chi connectivity index (χ2n) is 10.9. The average Bonchev–Trinajstić information content (AvgIpc) is 3.34. The first-order valence-electron chi connectivity index (χ1n) is 15.0. The summed E-state index contributed by atoms with van der Waals surface area (Å²) in [6, 6.07) is 34.5. The Balaban J connectivity index is 1.32. The molecule has 0 spiro atoms. The van der Waals surface area contributed by atoms with E-state index in [4.69, 9.17) is 18.9 Å². The van der Waals surface area contributed by atoms with Crippen LogP contribution < -0.4 is 5.43 Å². The van der Waals surface area contributed by atoms with Crippen LogP contribution in [0.25, 0.3) is 10.4 Å². The van der Waals surface area contributed by atoms with Crippen molar-refractivity contribution in [3.8, 4) is 0 Å². The molecule has 4 aromatic carbocycles. The first-order valence-corrected chi connectivity index (χ1v) is 15.0. The van der Waals surface area contributed by atoms with Crippen LogP contribution in [0.2, 0.25) is 0 Å². The number of imide groups is 1. The molecule has 11 nitrogen and oxygen atoms in total. The van der Waals surface area contributed by atoms with Crippen LogP contribution in [0.5, 0.6) is 0 Å². The van der Waals surface area contributed by atoms with E-state index in [0.717, 1.165) is 21.7 Å². The maximum Gasteiger partial charge on any atom is 0.276 e. The molecule has 0 radical (unpaired) electrons. The number of hydrazine groups is 1. The second kappa shape index (κ2) is 14.9. The van der Waals surface area contributed by atoms with Gasteiger partial charge in [0.15, 0.2) is 6.23 Å². The van der Waals surface area contributed by atoms with Gasteiger partial charge in [-0.3, -0.25) is 9.59 Å². The van der Waals surface area contributed by atoms with Gasteiger partial charge in [-0.2, -0.15) is 0 Å². The Morgan fingerprint density at radius 3 is 1.70 bits per heavy atom. The molecule has 2 amide bonds. The molecule has 2 heterocycles. The summed E-state index contributed by atoms with van der Waals surface area (Å²) in [5.41, 5.74) is 15.9. The van der Waals surface area contributed by atoms with Gasteiger partial charge in [-0.1, -0.05) is 108 Å². The normalized spacial score (nSPS) is 22.3. The minimum absolute atomic E-state index is 0.0940. The molecule has 1 saturated heterocycles. The van der Waals surface area contributed by atoms with Crippen molar-refractivity contribution >= 4 is 11.8 Å². The van der Waals surface area contributed by atoms with Crippen LogP contribution >= 0.6 is 0 Å². The molecule has 0 bridgehead atoms. The predicted octanol–water partition coefficient (Wildman–Crippen LogP) is 5.58. The van der Waals surface area contributed by atoms with Gasteiger partial charge in [0.1, 0.15) is 18.3 Å². The lowest BCUT2D eigenvalue weighted by Gasteiger charge is -2.46. The predicted molar refractivity (Wildman–Crippen MR) is 168 cm³/mol. The molecule has 46 heavy (non-hydrogen) atoms. The molecule has 5 atom stereocenters. The van der Waals surface area contributed by atoms with E-state index in [9.17, 15) is 15.1 Å². The SMILES string of the molecule is [N-]=[N+]=N[C@@H]1O[C@H](COCc2ccccc2)[C@@H](OCc2ccccc2)[C@H](OCc2ccccc2)[C@H]1NN1C(=O)c2ccccc2C1=O. The zero-order valence-electron chi connectivity index (χ0n) is 24.9. The van der Waals surface area contributed by atoms with Crippen molar-refractivity contribution in [1.29, 1.82) is 0 Å². The summed E-state index contributed by atoms with van der Waals surface area (Å²) in [7, 11) is 0. The zero-order valence-corrected chi connectivity index (χ0v) is 24.9. The Labute approximate surface area is 266 Å². The third-order valence-electron chi connectivity index (χ3n) is 7.87. The van der Waals surface area contributed by atoms with E-state index < -0.39 is 42.4 Å². The minimum atomic E-state index is -1.18. The van der Waals surface area contributed by atoms with Crippen LogP contribution in [0.3, 0.4) is 0 Å². The fourth-order valence-corrected chi connectivity index (χ4v) is 5.60. The van der Waals surface area contributed by atoms with Gasteiger partial charge in [0.25, 0.3) is 11.8 Å². The molecule has 1 fully saturated rings. The molecule has 2 aliphatic heterocycles. The van der Waals surface area contributed by atoms with Crippen LogP contribution in [0.1, 0.15) is 37.4 Å². The van der Waals surface area contributed by atoms with E-state index >= 15 is 0 Å². The van der Waals surface area contributed by atoms with Crippen LogP contribution in [0.15, 0.2) is 120 Å². The maximum absolute atomic E-state index is 13.4. The third-order valence-corrected chi connectivity index (χ3v) is 7.87. The smallest absolute Gasteiger partial charge is 0.276 e. The minimum Gasteiger partial charge on any atom is -0.374 e. The largest absolute Gasteiger partial charge is 0.374 e. The molecule has 234 valence electrons. The van der Waals surface area contributed by atoms with Gasteiger partial charge in [0.2, 0.25) is 0 Å². The van der Waals surface area contributed by atoms with Gasteiger partial charge in [0.05, 0.1) is 43.6 Å². The summed E-state index contributed by atoms with van der Waals surface area (Å²) in [4.78, 5) is 29.8. The highest BCUT2D eigenvalue weighted by atomic mass is 16.6. The van der Waals surface area contributed by atoms with Crippen LogP contribution in [-0.4, -0.2) is 54.0 Å². The summed E-state index contributed by atoms with van der Waals surface area (Å²) < 4.78 is 25.5. The van der Waals surface area contributed by atoms with Crippen molar-refractivity contribution in [3.63, 3.8) is 0 Å². The molecule has 6 rings (SSSR count). The number of fused-ring (bicyclic) bond motifs is 1. The molecule has 0 aliphatic carbocycles. The number of hydrogen-bond donors (Lipinski definition) is 1. The monoisotopic (exact) mass is 619 g/mol. The van der Waals surface area contributed by atoms with Gasteiger partial charge in [-0.25, -0.2) is 10.4 Å². The molecule has 2 aliphatic rings. The fourth-order valence-electron chi connectivity index (χ4n) is 5.60. The Hall–Kier alpha value is -4.87. The highest BCUT2D eigenvalue weighted by Gasteiger charge is 2.50. The van der Waals surface area contributed by atoms with Crippen molar-refractivity contribution < 1.29 is 28.5 Å². The Kier molecular flexibility index (Phi) is 10.1. The number of carbonyl (C=O) groups excluding carboxylic acids is 2. The van der Waals surface area contributed by atoms with Crippen LogP contribution in [0, 0.1) is 0 Å². The second-order valence-corrected chi connectivity index (χ2v) is 10.9. The molecule has 0 aromatic heterocycles. The number of benzene rings is 4. The van der Waals surface area contributed by atoms with Crippen LogP contribution in [0.4, 0.5) is 0 Å². The highest BCUT2D eigenvalue weighted by molar-refractivity contribution is 6.20. The number of rotatable bonds is 13. The first-order chi connectivity index (χ1) is 22.6. The zero-order chi connectivity index (χ0) is 31.7. The van der Waals surface area contributed by atoms with E-state index in [1.165, 1.54) is 0 Å². The first kappa shape index (κ1) is 31.1. The van der Waals surface area contributed by atoms with Crippen molar-refractivity contribution in [2.75, 3.05) is 6.61 Å². The molecule has 0 saturated carbocycles. The molecule has 1 N–H and O–H groups in total. The van der Waals surface area contributed by atoms with Gasteiger partial charge < -0.3 is 18.9 Å². The average molecular weight is 620 g/mol. The van der Waals surface area contributed by atoms with Crippen molar-refractivity contribution in [2.24, 2.45) is 5.11 Å². The van der Waals surface area contributed by atoms with E-state index in [0.29, 0.717) is 6.61 Å². The number of azide groups is 1. The number of nitrogens with one attached hydrogen (secondary N) is 1. The highest BCUT2D eigenvalue weighted by Crippen LogP contribution is 2.31. The lowest BCUT2D eigenvalue weighted by molar-refractivity contribution is -0.235. The number of amides is 2. The summed E-state index contributed by atoms with van der Waals surface area (Å²) in [5.74, 6) is -1.06. The maximum atomic E-state index is 13.4. The lowest BCUT2D eigenvalue weighted by Crippen LogP contribution is -2.67. The van der Waals surface area contributed by atoms with E-state index in [1.54, 1.807) is 24.3 Å². The Morgan fingerprint density at radius 2 is 1.17 bits per heavy atom. The Morgan fingerprint density at radius 1 is 0.696 bits per heavy atom. The molecule has 0 unspecified atom stereocenters. The van der Waals surface area contributed by atoms with E-state index in [-0.39, 0.29) is 30.9 Å². The Bertz CT molecular complexity index is 1630. The molecular weight excluding hydrogens is 586 g/mol. The summed E-state index contributed by atoms with van der Waals surface area (Å²) in [6.45, 7) is 0.819. The van der Waals surface area contributed by atoms with Gasteiger partial charge in [-0.05, 0) is 34.4 Å². The van der Waals surface area contributed by atoms with Crippen molar-refractivity contribution in [2.45, 2.75) is 50.4 Å². The summed E-state index contributed by atoms with van der Waals surface area (Å²) in [5, 5.41) is 4.86. The fraction of sp³-hybridized carbons (Fsp3) is 0.257. The van der Waals surface area contributed by atoms with Gasteiger partial charge in [-0.15, -0.1) is 0 Å². The number of hydrogen-bond acceptors (Lipinski definition) is 8. The number of carbonyl (C=O) groups is 2. The summed E-state index contributed by atoms with van der Waals surface area (Å²) in [6.07, 6.45) is -3.54. The topological polar surface area (TPSA) is 135 Å². The summed E-state index contributed by atoms with van der Waals surface area (Å²) >= 11 is 0. The van der Waals surface area contributed by atoms with Crippen molar-refractivity contribution in [1.82, 2.24) is 10.4 Å². The molecule has 11 heteroatoms. The standard InChI is InChI=1S/C35H33N5O6/c36-39-37-33-30(38-40-34(41)27-18-10-11-19-28(27)35(40)42)32(45-22-26-16-8-3-9-17-26)31(44-21-25-14-6-2-7-15-25)29(46-33)23-43-20-24-12-4-1-5-13-24/h1-19,29-33,38H,20-23H2/t29-,30-,31-,32-,33-/m1/s1. The molecule has 4 aromatic rings. The van der Waals surface area contributed by atoms with Crippen LogP contribution in [-0.2, 0) is 38.8 Å². The van der Waals surface area contributed by atoms with E-state index in [1.807, 2.05) is 91.0 Å². The molecular formula is C35H33N5O6. The number of nitrogens with zero attached hydrogens (tertiary/aromatic N) is 4. The lowest BCUT2D eigenvalue weighted by atomic mass is 9.95. The number of ether oxygens (including phenoxy) is 4. The van der Waals surface area contributed by atoms with Gasteiger partial charge in [0, 0.05) is 4.91 Å². The quantitative estimate of drug-likeness (QED) is 0.0894. The van der Waals surface area contributed by atoms with Crippen molar-refractivity contribution in [3.05, 3.63) is 154 Å². The third kappa shape index (κ3) is 7.16. The van der Waals surface area contributed by atoms with E-state index in [2.05, 4.69) is 15.5 Å².